The standard InChI is InChI=1S/C25H25N3O.2ClH/c29-25(28-15-6-13-26-14-16-28)23-20-9-4-5-10-22(20)27-24-19(11-12-21(23)24)17-18-7-2-1-3-8-18;;/h1-5,7-10,17,26H,6,11-16H2;2*1H/b19-17-;;. The smallest absolute Gasteiger partial charge is 0.254 e. The van der Waals surface area contributed by atoms with Crippen LogP contribution in [0.1, 0.15) is 40.0 Å². The molecule has 31 heavy (non-hydrogen) atoms. The Labute approximate surface area is 195 Å². The summed E-state index contributed by atoms with van der Waals surface area (Å²) in [5.41, 5.74) is 6.30. The van der Waals surface area contributed by atoms with E-state index >= 15 is 0 Å². The van der Waals surface area contributed by atoms with E-state index in [-0.39, 0.29) is 30.7 Å². The molecule has 6 heteroatoms. The number of para-hydroxylation sites is 1. The van der Waals surface area contributed by atoms with Crippen LogP contribution in [0.5, 0.6) is 0 Å². The quantitative estimate of drug-likeness (QED) is 0.590. The summed E-state index contributed by atoms with van der Waals surface area (Å²) in [5, 5.41) is 4.37. The number of aromatic nitrogens is 1. The average molecular weight is 456 g/mol. The van der Waals surface area contributed by atoms with Crippen molar-refractivity contribution >= 4 is 53.3 Å². The summed E-state index contributed by atoms with van der Waals surface area (Å²) in [6, 6.07) is 18.4. The van der Waals surface area contributed by atoms with Gasteiger partial charge >= 0.3 is 0 Å². The molecule has 0 spiro atoms. The van der Waals surface area contributed by atoms with E-state index in [0.717, 1.165) is 73.2 Å². The molecule has 0 unspecified atom stereocenters. The van der Waals surface area contributed by atoms with Crippen LogP contribution in [0.15, 0.2) is 54.6 Å². The summed E-state index contributed by atoms with van der Waals surface area (Å²) in [4.78, 5) is 20.6. The van der Waals surface area contributed by atoms with Crippen LogP contribution < -0.4 is 5.32 Å². The number of fused-ring (bicyclic) bond motifs is 2. The molecule has 0 radical (unpaired) electrons. The third-order valence-corrected chi connectivity index (χ3v) is 5.92. The minimum absolute atomic E-state index is 0. The van der Waals surface area contributed by atoms with E-state index in [2.05, 4.69) is 35.7 Å². The lowest BCUT2D eigenvalue weighted by Gasteiger charge is -2.22. The average Bonchev–Trinajstić information content (AvgIpc) is 2.97. The normalized spacial score (nSPS) is 16.9. The van der Waals surface area contributed by atoms with Crippen molar-refractivity contribution in [3.63, 3.8) is 0 Å². The molecule has 0 saturated carbocycles. The maximum Gasteiger partial charge on any atom is 0.254 e. The Balaban J connectivity index is 0.00000136. The van der Waals surface area contributed by atoms with Gasteiger partial charge in [0.05, 0.1) is 16.8 Å². The highest BCUT2D eigenvalue weighted by molar-refractivity contribution is 6.09. The maximum atomic E-state index is 13.6. The first-order valence-corrected chi connectivity index (χ1v) is 10.5. The number of hydrogen-bond acceptors (Lipinski definition) is 3. The highest BCUT2D eigenvalue weighted by atomic mass is 35.5. The van der Waals surface area contributed by atoms with Crippen LogP contribution in [0.3, 0.4) is 0 Å². The van der Waals surface area contributed by atoms with E-state index in [9.17, 15) is 4.79 Å². The molecule has 2 aliphatic rings. The van der Waals surface area contributed by atoms with Gasteiger partial charge in [0.15, 0.2) is 0 Å². The van der Waals surface area contributed by atoms with Crippen LogP contribution in [0.25, 0.3) is 22.6 Å². The third kappa shape index (κ3) is 4.62. The first kappa shape index (κ1) is 23.3. The molecule has 1 amide bonds. The molecule has 0 bridgehead atoms. The highest BCUT2D eigenvalue weighted by Crippen LogP contribution is 2.38. The largest absolute Gasteiger partial charge is 0.337 e. The van der Waals surface area contributed by atoms with Crippen LogP contribution in [0.4, 0.5) is 0 Å². The van der Waals surface area contributed by atoms with Gasteiger partial charge in [-0.3, -0.25) is 4.79 Å². The van der Waals surface area contributed by atoms with Crippen LogP contribution in [0, 0.1) is 0 Å². The molecule has 3 aromatic rings. The van der Waals surface area contributed by atoms with Gasteiger partial charge in [0.25, 0.3) is 5.91 Å². The lowest BCUT2D eigenvalue weighted by molar-refractivity contribution is 0.0767. The van der Waals surface area contributed by atoms with Gasteiger partial charge < -0.3 is 10.2 Å². The van der Waals surface area contributed by atoms with Crippen molar-refractivity contribution in [3.05, 3.63) is 77.0 Å². The molecule has 1 aromatic heterocycles. The topological polar surface area (TPSA) is 45.2 Å². The van der Waals surface area contributed by atoms with E-state index in [1.807, 2.05) is 35.2 Å². The Morgan fingerprint density at radius 1 is 0.935 bits per heavy atom. The van der Waals surface area contributed by atoms with Gasteiger partial charge in [-0.2, -0.15) is 0 Å². The second-order valence-corrected chi connectivity index (χ2v) is 7.81. The number of halogens is 2. The summed E-state index contributed by atoms with van der Waals surface area (Å²) in [5.74, 6) is 0.157. The van der Waals surface area contributed by atoms with Gasteiger partial charge in [-0.25, -0.2) is 4.98 Å². The zero-order chi connectivity index (χ0) is 19.6. The third-order valence-electron chi connectivity index (χ3n) is 5.92. The van der Waals surface area contributed by atoms with Crippen LogP contribution >= 0.6 is 24.8 Å². The van der Waals surface area contributed by atoms with Crippen molar-refractivity contribution in [3.8, 4) is 0 Å². The van der Waals surface area contributed by atoms with Crippen molar-refractivity contribution in [2.75, 3.05) is 26.2 Å². The fourth-order valence-corrected chi connectivity index (χ4v) is 4.48. The Morgan fingerprint density at radius 3 is 2.55 bits per heavy atom. The molecule has 5 rings (SSSR count). The zero-order valence-electron chi connectivity index (χ0n) is 17.3. The maximum absolute atomic E-state index is 13.6. The van der Waals surface area contributed by atoms with E-state index in [1.54, 1.807) is 0 Å². The minimum atomic E-state index is 0. The predicted molar refractivity (Wildman–Crippen MR) is 132 cm³/mol. The molecule has 1 aliphatic carbocycles. The molecule has 2 heterocycles. The number of rotatable bonds is 2. The lowest BCUT2D eigenvalue weighted by atomic mass is 9.99. The zero-order valence-corrected chi connectivity index (χ0v) is 19.0. The van der Waals surface area contributed by atoms with Gasteiger partial charge in [0, 0.05) is 25.0 Å². The molecule has 1 N–H and O–H groups in total. The molecular weight excluding hydrogens is 429 g/mol. The van der Waals surface area contributed by atoms with Gasteiger partial charge in [-0.05, 0) is 54.6 Å². The molecule has 1 aliphatic heterocycles. The second kappa shape index (κ2) is 10.3. The van der Waals surface area contributed by atoms with E-state index in [4.69, 9.17) is 4.98 Å². The highest BCUT2D eigenvalue weighted by Gasteiger charge is 2.29. The monoisotopic (exact) mass is 455 g/mol. The number of hydrogen-bond donors (Lipinski definition) is 1. The Kier molecular flexibility index (Phi) is 7.71. The number of nitrogens with one attached hydrogen (secondary N) is 1. The Morgan fingerprint density at radius 2 is 1.71 bits per heavy atom. The number of carbonyl (C=O) groups is 1. The summed E-state index contributed by atoms with van der Waals surface area (Å²) >= 11 is 0. The van der Waals surface area contributed by atoms with Gasteiger partial charge in [-0.15, -0.1) is 24.8 Å². The molecule has 162 valence electrons. The molecule has 2 aromatic carbocycles. The molecule has 4 nitrogen and oxygen atoms in total. The molecule has 0 atom stereocenters. The van der Waals surface area contributed by atoms with Crippen LogP contribution in [-0.2, 0) is 6.42 Å². The summed E-state index contributed by atoms with van der Waals surface area (Å²) in [6.45, 7) is 3.40. The van der Waals surface area contributed by atoms with Crippen LogP contribution in [-0.4, -0.2) is 42.0 Å². The Bertz CT molecular complexity index is 1090. The molecular formula is C25H27Cl2N3O. The van der Waals surface area contributed by atoms with Gasteiger partial charge in [0.2, 0.25) is 0 Å². The van der Waals surface area contributed by atoms with Crippen molar-refractivity contribution in [1.82, 2.24) is 15.2 Å². The van der Waals surface area contributed by atoms with Gasteiger partial charge in [0.1, 0.15) is 0 Å². The van der Waals surface area contributed by atoms with Crippen molar-refractivity contribution in [2.45, 2.75) is 19.3 Å². The fraction of sp³-hybridized carbons (Fsp3) is 0.280. The minimum Gasteiger partial charge on any atom is -0.337 e. The number of allylic oxidation sites excluding steroid dienone is 1. The van der Waals surface area contributed by atoms with E-state index < -0.39 is 0 Å². The number of pyridine rings is 1. The van der Waals surface area contributed by atoms with Crippen molar-refractivity contribution in [1.29, 1.82) is 0 Å². The van der Waals surface area contributed by atoms with Crippen molar-refractivity contribution in [2.24, 2.45) is 0 Å². The summed E-state index contributed by atoms with van der Waals surface area (Å²) in [6.07, 6.45) is 5.02. The number of carbonyl (C=O) groups excluding carboxylic acids is 1. The van der Waals surface area contributed by atoms with E-state index in [1.165, 1.54) is 11.1 Å². The first-order chi connectivity index (χ1) is 14.3. The predicted octanol–water partition coefficient (Wildman–Crippen LogP) is 5.00. The summed E-state index contributed by atoms with van der Waals surface area (Å²) in [7, 11) is 0. The second-order valence-electron chi connectivity index (χ2n) is 7.81. The number of nitrogens with zero attached hydrogens (tertiary/aromatic N) is 2. The van der Waals surface area contributed by atoms with Crippen molar-refractivity contribution < 1.29 is 4.79 Å². The van der Waals surface area contributed by atoms with Gasteiger partial charge in [-0.1, -0.05) is 48.5 Å². The summed E-state index contributed by atoms with van der Waals surface area (Å²) < 4.78 is 0. The SMILES string of the molecule is Cl.Cl.O=C(c1c2c(nc3ccccc13)/C(=C\c1ccccc1)CC2)N1CCCNCC1. The number of benzene rings is 2. The fourth-order valence-electron chi connectivity index (χ4n) is 4.48. The Hall–Kier alpha value is -2.40. The van der Waals surface area contributed by atoms with Crippen LogP contribution in [0.2, 0.25) is 0 Å². The first-order valence-electron chi connectivity index (χ1n) is 10.5. The molecule has 1 saturated heterocycles. The molecule has 1 fully saturated rings. The lowest BCUT2D eigenvalue weighted by Crippen LogP contribution is -2.35. The number of amides is 1. The van der Waals surface area contributed by atoms with E-state index in [0.29, 0.717) is 0 Å².